The Labute approximate surface area is 244 Å². The molecule has 3 aliphatic heterocycles. The normalized spacial score (nSPS) is 23.9. The zero-order valence-corrected chi connectivity index (χ0v) is 23.4. The molecule has 0 radical (unpaired) electrons. The quantitative estimate of drug-likeness (QED) is 0.254. The number of nitrogens with one attached hydrogen (secondary N) is 1. The Morgan fingerprint density at radius 1 is 0.850 bits per heavy atom. The summed E-state index contributed by atoms with van der Waals surface area (Å²) in [5.41, 5.74) is 2.54. The number of carbonyl (C=O) groups excluding carboxylic acids is 3. The van der Waals surface area contributed by atoms with E-state index in [4.69, 9.17) is 11.6 Å². The summed E-state index contributed by atoms with van der Waals surface area (Å²) in [6.45, 7) is 0. The fourth-order valence-corrected chi connectivity index (χ4v) is 7.16. The van der Waals surface area contributed by atoms with Crippen molar-refractivity contribution in [2.45, 2.75) is 17.5 Å². The first-order chi connectivity index (χ1) is 19.4. The van der Waals surface area contributed by atoms with E-state index in [9.17, 15) is 14.4 Å². The number of halogens is 2. The van der Waals surface area contributed by atoms with Gasteiger partial charge >= 0.3 is 0 Å². The zero-order valence-electron chi connectivity index (χ0n) is 21.1. The van der Waals surface area contributed by atoms with E-state index in [2.05, 4.69) is 21.2 Å². The van der Waals surface area contributed by atoms with Crippen molar-refractivity contribution < 1.29 is 14.4 Å². The molecular weight excluding hydrogens is 588 g/mol. The maximum absolute atomic E-state index is 14.7. The lowest BCUT2D eigenvalue weighted by Gasteiger charge is -2.37. The third-order valence-corrected chi connectivity index (χ3v) is 9.10. The van der Waals surface area contributed by atoms with Crippen molar-refractivity contribution in [3.63, 3.8) is 0 Å². The van der Waals surface area contributed by atoms with Gasteiger partial charge in [-0.3, -0.25) is 14.4 Å². The molecule has 4 atom stereocenters. The number of rotatable bonds is 4. The summed E-state index contributed by atoms with van der Waals surface area (Å²) in [7, 11) is 0. The number of para-hydroxylation sites is 1. The van der Waals surface area contributed by atoms with Crippen molar-refractivity contribution >= 4 is 62.5 Å². The van der Waals surface area contributed by atoms with Crippen LogP contribution in [0.25, 0.3) is 6.08 Å². The van der Waals surface area contributed by atoms with Gasteiger partial charge in [-0.25, -0.2) is 0 Å². The van der Waals surface area contributed by atoms with Gasteiger partial charge in [-0.2, -0.15) is 0 Å². The van der Waals surface area contributed by atoms with Crippen molar-refractivity contribution in [3.8, 4) is 0 Å². The van der Waals surface area contributed by atoms with Crippen LogP contribution in [0.4, 0.5) is 11.4 Å². The Morgan fingerprint density at radius 3 is 2.33 bits per heavy atom. The number of ketones is 2. The van der Waals surface area contributed by atoms with E-state index in [0.717, 1.165) is 21.3 Å². The van der Waals surface area contributed by atoms with E-state index in [0.29, 0.717) is 21.8 Å². The van der Waals surface area contributed by atoms with Crippen molar-refractivity contribution in [1.29, 1.82) is 0 Å². The minimum absolute atomic E-state index is 0.225. The molecule has 0 bridgehead atoms. The fraction of sp³-hybridized carbons (Fsp3) is 0.121. The van der Waals surface area contributed by atoms with Gasteiger partial charge in [0.2, 0.25) is 5.91 Å². The first-order valence-corrected chi connectivity index (χ1v) is 14.1. The van der Waals surface area contributed by atoms with Crippen LogP contribution in [0.3, 0.4) is 0 Å². The second-order valence-corrected chi connectivity index (χ2v) is 11.7. The molecule has 1 fully saturated rings. The molecule has 40 heavy (non-hydrogen) atoms. The number of carbonyl (C=O) groups is 3. The van der Waals surface area contributed by atoms with Gasteiger partial charge in [-0.1, -0.05) is 100 Å². The molecule has 4 aromatic rings. The van der Waals surface area contributed by atoms with E-state index in [1.54, 1.807) is 42.5 Å². The number of Topliss-reactive ketones (excluding diaryl/α,β-unsaturated/α-hetero) is 2. The van der Waals surface area contributed by atoms with Gasteiger partial charge in [-0.15, -0.1) is 0 Å². The van der Waals surface area contributed by atoms with Gasteiger partial charge < -0.3 is 10.2 Å². The number of anilines is 2. The SMILES string of the molecule is O=C(c1ccc(Br)cc1)[C@@H]1[C@H](C(=O)c2ccccc2)[C@]2(C(=O)Nc3ccccc32)[C@H]2C=Cc3cc(Cl)ccc3N12. The lowest BCUT2D eigenvalue weighted by Crippen LogP contribution is -2.51. The molecule has 1 N–H and O–H groups in total. The van der Waals surface area contributed by atoms with Crippen LogP contribution in [0.2, 0.25) is 5.02 Å². The second-order valence-electron chi connectivity index (χ2n) is 10.3. The predicted octanol–water partition coefficient (Wildman–Crippen LogP) is 6.96. The third-order valence-electron chi connectivity index (χ3n) is 8.33. The molecule has 0 aliphatic carbocycles. The van der Waals surface area contributed by atoms with E-state index >= 15 is 0 Å². The molecule has 0 saturated carbocycles. The fourth-order valence-electron chi connectivity index (χ4n) is 6.72. The summed E-state index contributed by atoms with van der Waals surface area (Å²) >= 11 is 9.81. The van der Waals surface area contributed by atoms with Crippen molar-refractivity contribution in [1.82, 2.24) is 0 Å². The Hall–Kier alpha value is -4.00. The molecule has 7 rings (SSSR count). The first-order valence-electron chi connectivity index (χ1n) is 13.0. The molecule has 4 aromatic carbocycles. The predicted molar refractivity (Wildman–Crippen MR) is 160 cm³/mol. The average Bonchev–Trinajstić information content (AvgIpc) is 3.45. The Balaban J connectivity index is 1.54. The van der Waals surface area contributed by atoms with Crippen LogP contribution in [0, 0.1) is 5.92 Å². The minimum Gasteiger partial charge on any atom is -0.352 e. The van der Waals surface area contributed by atoms with E-state index in [1.165, 1.54) is 0 Å². The average molecular weight is 610 g/mol. The highest BCUT2D eigenvalue weighted by Crippen LogP contribution is 2.58. The lowest BCUT2D eigenvalue weighted by atomic mass is 9.64. The zero-order chi connectivity index (χ0) is 27.6. The van der Waals surface area contributed by atoms with E-state index in [1.807, 2.05) is 71.6 Å². The summed E-state index contributed by atoms with van der Waals surface area (Å²) in [6.07, 6.45) is 3.88. The molecule has 3 aliphatic rings. The van der Waals surface area contributed by atoms with Crippen LogP contribution < -0.4 is 10.2 Å². The summed E-state index contributed by atoms with van der Waals surface area (Å²) in [6, 6.07) is 27.5. The number of benzene rings is 4. The largest absolute Gasteiger partial charge is 0.352 e. The van der Waals surface area contributed by atoms with E-state index < -0.39 is 23.4 Å². The van der Waals surface area contributed by atoms with E-state index in [-0.39, 0.29) is 17.5 Å². The minimum atomic E-state index is -1.34. The van der Waals surface area contributed by atoms with Gasteiger partial charge in [0, 0.05) is 32.0 Å². The third kappa shape index (κ3) is 3.49. The van der Waals surface area contributed by atoms with Gasteiger partial charge in [0.05, 0.1) is 12.0 Å². The van der Waals surface area contributed by atoms with Crippen LogP contribution in [0.1, 0.15) is 31.8 Å². The van der Waals surface area contributed by atoms with Crippen LogP contribution in [0.5, 0.6) is 0 Å². The molecule has 0 unspecified atom stereocenters. The number of fused-ring (bicyclic) bond motifs is 6. The number of amides is 1. The Bertz CT molecular complexity index is 1740. The van der Waals surface area contributed by atoms with Crippen molar-refractivity contribution in [2.75, 3.05) is 10.2 Å². The maximum atomic E-state index is 14.7. The highest BCUT2D eigenvalue weighted by atomic mass is 79.9. The number of hydrogen-bond acceptors (Lipinski definition) is 4. The Morgan fingerprint density at radius 2 is 1.55 bits per heavy atom. The Kier molecular flexibility index (Phi) is 5.81. The van der Waals surface area contributed by atoms with Gasteiger partial charge in [-0.05, 0) is 47.5 Å². The number of nitrogens with zero attached hydrogens (tertiary/aromatic N) is 1. The van der Waals surface area contributed by atoms with Crippen LogP contribution in [-0.4, -0.2) is 29.6 Å². The highest BCUT2D eigenvalue weighted by molar-refractivity contribution is 9.10. The maximum Gasteiger partial charge on any atom is 0.238 e. The van der Waals surface area contributed by atoms with Crippen LogP contribution in [-0.2, 0) is 10.2 Å². The molecule has 7 heteroatoms. The van der Waals surface area contributed by atoms with Crippen LogP contribution >= 0.6 is 27.5 Å². The van der Waals surface area contributed by atoms with Crippen molar-refractivity contribution in [3.05, 3.63) is 135 Å². The molecule has 1 spiro atoms. The summed E-state index contributed by atoms with van der Waals surface area (Å²) in [4.78, 5) is 45.6. The molecule has 196 valence electrons. The summed E-state index contributed by atoms with van der Waals surface area (Å²) < 4.78 is 0.840. The monoisotopic (exact) mass is 608 g/mol. The molecule has 1 amide bonds. The molecule has 1 saturated heterocycles. The molecule has 5 nitrogen and oxygen atoms in total. The lowest BCUT2D eigenvalue weighted by molar-refractivity contribution is -0.121. The summed E-state index contributed by atoms with van der Waals surface area (Å²) in [5, 5.41) is 3.61. The highest BCUT2D eigenvalue weighted by Gasteiger charge is 2.70. The van der Waals surface area contributed by atoms with Gasteiger partial charge in [0.1, 0.15) is 11.5 Å². The second kappa shape index (κ2) is 9.29. The first kappa shape index (κ1) is 25.0. The molecular formula is C33H22BrClN2O3. The van der Waals surface area contributed by atoms with Gasteiger partial charge in [0.25, 0.3) is 0 Å². The van der Waals surface area contributed by atoms with Crippen LogP contribution in [0.15, 0.2) is 108 Å². The summed E-state index contributed by atoms with van der Waals surface area (Å²) in [5.74, 6) is -1.77. The molecule has 0 aromatic heterocycles. The topological polar surface area (TPSA) is 66.5 Å². The molecule has 3 heterocycles. The standard InChI is InChI=1S/C33H22BrClN2O3/c34-22-13-10-20(11-14-22)31(39)29-28(30(38)19-6-2-1-3-7-19)33(24-8-4-5-9-25(24)36-32(33)40)27-17-12-21-18-23(35)15-16-26(21)37(27)29/h1-18,27-29H,(H,36,40)/t27-,28-,29+,33-/m1/s1. The number of hydrogen-bond donors (Lipinski definition) is 1. The smallest absolute Gasteiger partial charge is 0.238 e. The van der Waals surface area contributed by atoms with Gasteiger partial charge in [0.15, 0.2) is 11.6 Å². The van der Waals surface area contributed by atoms with Crippen molar-refractivity contribution in [2.24, 2.45) is 5.92 Å².